The SMILES string of the molecule is COc1ccc(CNCC(O)c2cccc(C)c2)cc1SC. The first kappa shape index (κ1) is 16.9. The normalized spacial score (nSPS) is 12.2. The fourth-order valence-corrected chi connectivity index (χ4v) is 2.96. The lowest BCUT2D eigenvalue weighted by Crippen LogP contribution is -2.21. The van der Waals surface area contributed by atoms with Gasteiger partial charge in [0.25, 0.3) is 0 Å². The molecule has 0 aliphatic rings. The number of aryl methyl sites for hydroxylation is 1. The molecule has 0 heterocycles. The molecule has 0 aromatic heterocycles. The highest BCUT2D eigenvalue weighted by atomic mass is 32.2. The average Bonchev–Trinajstić information content (AvgIpc) is 2.54. The summed E-state index contributed by atoms with van der Waals surface area (Å²) in [5.74, 6) is 0.899. The highest BCUT2D eigenvalue weighted by Crippen LogP contribution is 2.28. The van der Waals surface area contributed by atoms with Gasteiger partial charge in [0, 0.05) is 18.0 Å². The molecular formula is C18H23NO2S. The van der Waals surface area contributed by atoms with E-state index in [0.717, 1.165) is 28.3 Å². The van der Waals surface area contributed by atoms with Gasteiger partial charge in [0.1, 0.15) is 5.75 Å². The van der Waals surface area contributed by atoms with Crippen LogP contribution in [0.5, 0.6) is 5.75 Å². The summed E-state index contributed by atoms with van der Waals surface area (Å²) in [4.78, 5) is 1.13. The molecule has 2 aromatic carbocycles. The predicted octanol–water partition coefficient (Wildman–Crippen LogP) is 3.55. The molecule has 0 bridgehead atoms. The topological polar surface area (TPSA) is 41.5 Å². The minimum Gasteiger partial charge on any atom is -0.496 e. The first-order valence-corrected chi connectivity index (χ1v) is 8.52. The Hall–Kier alpha value is -1.49. The lowest BCUT2D eigenvalue weighted by atomic mass is 10.1. The molecule has 2 aromatic rings. The molecule has 0 aliphatic heterocycles. The largest absolute Gasteiger partial charge is 0.496 e. The van der Waals surface area contributed by atoms with Gasteiger partial charge in [-0.15, -0.1) is 11.8 Å². The highest BCUT2D eigenvalue weighted by molar-refractivity contribution is 7.98. The van der Waals surface area contributed by atoms with Crippen LogP contribution in [0.3, 0.4) is 0 Å². The molecule has 0 radical (unpaired) electrons. The maximum absolute atomic E-state index is 10.2. The van der Waals surface area contributed by atoms with Crippen molar-refractivity contribution < 1.29 is 9.84 Å². The summed E-state index contributed by atoms with van der Waals surface area (Å²) in [6.07, 6.45) is 1.55. The van der Waals surface area contributed by atoms with Crippen LogP contribution in [-0.4, -0.2) is 25.0 Å². The van der Waals surface area contributed by atoms with Gasteiger partial charge < -0.3 is 15.2 Å². The van der Waals surface area contributed by atoms with Gasteiger partial charge in [0.2, 0.25) is 0 Å². The van der Waals surface area contributed by atoms with Crippen molar-refractivity contribution in [3.63, 3.8) is 0 Å². The zero-order valence-electron chi connectivity index (χ0n) is 13.3. The van der Waals surface area contributed by atoms with Gasteiger partial charge >= 0.3 is 0 Å². The standard InChI is InChI=1S/C18H23NO2S/c1-13-5-4-6-15(9-13)16(20)12-19-11-14-7-8-17(21-2)18(10-14)22-3/h4-10,16,19-20H,11-12H2,1-3H3. The number of methoxy groups -OCH3 is 1. The number of ether oxygens (including phenoxy) is 1. The van der Waals surface area contributed by atoms with Crippen molar-refractivity contribution in [2.24, 2.45) is 0 Å². The second kappa shape index (κ2) is 8.22. The second-order valence-electron chi connectivity index (χ2n) is 5.25. The van der Waals surface area contributed by atoms with E-state index in [9.17, 15) is 5.11 Å². The lowest BCUT2D eigenvalue weighted by Gasteiger charge is -2.14. The third-order valence-corrected chi connectivity index (χ3v) is 4.30. The molecule has 118 valence electrons. The van der Waals surface area contributed by atoms with Gasteiger partial charge in [-0.2, -0.15) is 0 Å². The zero-order chi connectivity index (χ0) is 15.9. The Morgan fingerprint density at radius 3 is 2.73 bits per heavy atom. The molecule has 3 nitrogen and oxygen atoms in total. The summed E-state index contributed by atoms with van der Waals surface area (Å²) in [7, 11) is 1.69. The second-order valence-corrected chi connectivity index (χ2v) is 6.10. The average molecular weight is 317 g/mol. The number of aliphatic hydroxyl groups is 1. The van der Waals surface area contributed by atoms with E-state index in [2.05, 4.69) is 11.4 Å². The number of hydrogen-bond donors (Lipinski definition) is 2. The summed E-state index contributed by atoms with van der Waals surface area (Å²) in [5.41, 5.74) is 3.30. The van der Waals surface area contributed by atoms with E-state index >= 15 is 0 Å². The molecule has 0 fully saturated rings. The smallest absolute Gasteiger partial charge is 0.132 e. The molecule has 2 N–H and O–H groups in total. The van der Waals surface area contributed by atoms with Crippen LogP contribution >= 0.6 is 11.8 Å². The van der Waals surface area contributed by atoms with E-state index in [1.807, 2.05) is 49.6 Å². The minimum absolute atomic E-state index is 0.488. The number of rotatable bonds is 7. The van der Waals surface area contributed by atoms with Gasteiger partial charge in [-0.3, -0.25) is 0 Å². The van der Waals surface area contributed by atoms with Crippen LogP contribution in [0.25, 0.3) is 0 Å². The Labute approximate surface area is 136 Å². The molecular weight excluding hydrogens is 294 g/mol. The van der Waals surface area contributed by atoms with Crippen LogP contribution in [0.1, 0.15) is 22.8 Å². The van der Waals surface area contributed by atoms with Crippen LogP contribution in [0.4, 0.5) is 0 Å². The van der Waals surface area contributed by atoms with Crippen LogP contribution < -0.4 is 10.1 Å². The minimum atomic E-state index is -0.488. The summed E-state index contributed by atoms with van der Waals surface area (Å²) in [6.45, 7) is 3.29. The first-order valence-electron chi connectivity index (χ1n) is 7.30. The number of nitrogens with one attached hydrogen (secondary N) is 1. The lowest BCUT2D eigenvalue weighted by molar-refractivity contribution is 0.174. The van der Waals surface area contributed by atoms with E-state index in [-0.39, 0.29) is 0 Å². The molecule has 2 rings (SSSR count). The van der Waals surface area contributed by atoms with Gasteiger partial charge in [-0.05, 0) is 36.4 Å². The van der Waals surface area contributed by atoms with Gasteiger partial charge in [0.05, 0.1) is 13.2 Å². The zero-order valence-corrected chi connectivity index (χ0v) is 14.1. The third-order valence-electron chi connectivity index (χ3n) is 3.54. The third kappa shape index (κ3) is 4.50. The van der Waals surface area contributed by atoms with Gasteiger partial charge in [0.15, 0.2) is 0 Å². The van der Waals surface area contributed by atoms with E-state index < -0.39 is 6.10 Å². The molecule has 1 unspecified atom stereocenters. The molecule has 1 atom stereocenters. The Balaban J connectivity index is 1.91. The van der Waals surface area contributed by atoms with E-state index in [4.69, 9.17) is 4.74 Å². The van der Waals surface area contributed by atoms with Crippen LogP contribution in [0.15, 0.2) is 47.4 Å². The Morgan fingerprint density at radius 1 is 1.23 bits per heavy atom. The maximum Gasteiger partial charge on any atom is 0.132 e. The molecule has 0 spiro atoms. The van der Waals surface area contributed by atoms with Crippen LogP contribution in [-0.2, 0) is 6.54 Å². The molecule has 22 heavy (non-hydrogen) atoms. The summed E-state index contributed by atoms with van der Waals surface area (Å²) >= 11 is 1.67. The molecule has 0 saturated heterocycles. The molecule has 0 amide bonds. The number of hydrogen-bond acceptors (Lipinski definition) is 4. The maximum atomic E-state index is 10.2. The number of aliphatic hydroxyl groups excluding tert-OH is 1. The van der Waals surface area contributed by atoms with Crippen molar-refractivity contribution >= 4 is 11.8 Å². The van der Waals surface area contributed by atoms with Crippen molar-refractivity contribution in [3.05, 3.63) is 59.2 Å². The fraction of sp³-hybridized carbons (Fsp3) is 0.333. The predicted molar refractivity (Wildman–Crippen MR) is 92.6 cm³/mol. The molecule has 4 heteroatoms. The van der Waals surface area contributed by atoms with Crippen molar-refractivity contribution in [3.8, 4) is 5.75 Å². The van der Waals surface area contributed by atoms with E-state index in [0.29, 0.717) is 6.54 Å². The van der Waals surface area contributed by atoms with Gasteiger partial charge in [-0.25, -0.2) is 0 Å². The van der Waals surface area contributed by atoms with Crippen LogP contribution in [0.2, 0.25) is 0 Å². The summed E-state index contributed by atoms with van der Waals surface area (Å²) in [6, 6.07) is 14.1. The quantitative estimate of drug-likeness (QED) is 0.766. The van der Waals surface area contributed by atoms with Crippen LogP contribution in [0, 0.1) is 6.92 Å². The Bertz CT molecular complexity index is 616. The highest BCUT2D eigenvalue weighted by Gasteiger charge is 2.08. The van der Waals surface area contributed by atoms with E-state index in [1.54, 1.807) is 18.9 Å². The van der Waals surface area contributed by atoms with Crippen molar-refractivity contribution in [2.45, 2.75) is 24.5 Å². The fourth-order valence-electron chi connectivity index (χ4n) is 2.34. The van der Waals surface area contributed by atoms with Gasteiger partial charge in [-0.1, -0.05) is 35.9 Å². The summed E-state index contributed by atoms with van der Waals surface area (Å²) in [5, 5.41) is 13.5. The number of thioether (sulfide) groups is 1. The monoisotopic (exact) mass is 317 g/mol. The molecule has 0 aliphatic carbocycles. The van der Waals surface area contributed by atoms with Crippen molar-refractivity contribution in [1.29, 1.82) is 0 Å². The van der Waals surface area contributed by atoms with Crippen molar-refractivity contribution in [1.82, 2.24) is 5.32 Å². The van der Waals surface area contributed by atoms with E-state index in [1.165, 1.54) is 5.56 Å². The van der Waals surface area contributed by atoms with Crippen molar-refractivity contribution in [2.75, 3.05) is 19.9 Å². The Kier molecular flexibility index (Phi) is 6.31. The first-order chi connectivity index (χ1) is 10.6. The number of benzene rings is 2. The summed E-state index contributed by atoms with van der Waals surface area (Å²) < 4.78 is 5.32. The Morgan fingerprint density at radius 2 is 2.05 bits per heavy atom. The molecule has 0 saturated carbocycles.